The second kappa shape index (κ2) is 3.42. The van der Waals surface area contributed by atoms with Crippen LogP contribution in [0.2, 0.25) is 0 Å². The lowest BCUT2D eigenvalue weighted by molar-refractivity contribution is 0.141. The molecule has 0 saturated carbocycles. The average Bonchev–Trinajstić information content (AvgIpc) is 2.13. The van der Waals surface area contributed by atoms with Crippen LogP contribution in [0.1, 0.15) is 0 Å². The summed E-state index contributed by atoms with van der Waals surface area (Å²) in [6.07, 6.45) is 1.54. The molecule has 1 aliphatic rings. The molecular formula is C9H14N4O. The zero-order valence-corrected chi connectivity index (χ0v) is 8.38. The van der Waals surface area contributed by atoms with Crippen molar-refractivity contribution in [3.05, 3.63) is 12.3 Å². The van der Waals surface area contributed by atoms with E-state index >= 15 is 0 Å². The number of nitrogens with zero attached hydrogens (tertiary/aromatic N) is 4. The molecule has 2 rings (SSSR count). The third-order valence-corrected chi connectivity index (χ3v) is 2.21. The minimum absolute atomic E-state index is 0.201. The number of aliphatic hydroxyl groups excluding tert-OH is 1. The fourth-order valence-corrected chi connectivity index (χ4v) is 1.37. The second-order valence-electron chi connectivity index (χ2n) is 3.67. The van der Waals surface area contributed by atoms with Crippen molar-refractivity contribution in [1.82, 2.24) is 9.97 Å². The van der Waals surface area contributed by atoms with Gasteiger partial charge >= 0.3 is 0 Å². The first-order chi connectivity index (χ1) is 6.66. The van der Waals surface area contributed by atoms with E-state index in [9.17, 15) is 0 Å². The van der Waals surface area contributed by atoms with Crippen molar-refractivity contribution in [2.75, 3.05) is 37.0 Å². The number of hydrogen-bond acceptors (Lipinski definition) is 5. The van der Waals surface area contributed by atoms with Gasteiger partial charge in [-0.3, -0.25) is 0 Å². The highest BCUT2D eigenvalue weighted by molar-refractivity contribution is 5.45. The molecule has 0 unspecified atom stereocenters. The molecule has 1 aliphatic heterocycles. The molecule has 2 heterocycles. The van der Waals surface area contributed by atoms with Gasteiger partial charge < -0.3 is 14.9 Å². The zero-order chi connectivity index (χ0) is 10.1. The first-order valence-electron chi connectivity index (χ1n) is 4.60. The predicted octanol–water partition coefficient (Wildman–Crippen LogP) is -0.277. The number of β-amino-alcohol motifs (C(OH)–C–C–N with tert-alkyl or cyclic N) is 1. The van der Waals surface area contributed by atoms with E-state index in [1.807, 2.05) is 30.0 Å². The third kappa shape index (κ3) is 1.63. The molecule has 1 saturated heterocycles. The summed E-state index contributed by atoms with van der Waals surface area (Å²) in [5, 5.41) is 9.16. The van der Waals surface area contributed by atoms with Crippen molar-refractivity contribution < 1.29 is 5.11 Å². The Kier molecular flexibility index (Phi) is 2.25. The molecule has 0 radical (unpaired) electrons. The van der Waals surface area contributed by atoms with Gasteiger partial charge in [0, 0.05) is 33.4 Å². The number of hydrogen-bond donors (Lipinski definition) is 1. The molecule has 1 fully saturated rings. The first-order valence-corrected chi connectivity index (χ1v) is 4.60. The van der Waals surface area contributed by atoms with Crippen molar-refractivity contribution in [2.24, 2.45) is 0 Å². The van der Waals surface area contributed by atoms with Crippen molar-refractivity contribution in [3.63, 3.8) is 0 Å². The molecule has 1 aromatic rings. The van der Waals surface area contributed by atoms with Gasteiger partial charge in [0.25, 0.3) is 0 Å². The average molecular weight is 194 g/mol. The van der Waals surface area contributed by atoms with Crippen LogP contribution in [-0.4, -0.2) is 48.4 Å². The molecule has 1 aromatic heterocycles. The Morgan fingerprint density at radius 1 is 1.50 bits per heavy atom. The smallest absolute Gasteiger partial charge is 0.226 e. The molecule has 0 aromatic carbocycles. The van der Waals surface area contributed by atoms with E-state index in [1.54, 1.807) is 6.20 Å². The van der Waals surface area contributed by atoms with Gasteiger partial charge in [-0.1, -0.05) is 0 Å². The van der Waals surface area contributed by atoms with Crippen molar-refractivity contribution in [3.8, 4) is 0 Å². The molecule has 5 nitrogen and oxygen atoms in total. The van der Waals surface area contributed by atoms with Crippen molar-refractivity contribution >= 4 is 11.8 Å². The van der Waals surface area contributed by atoms with Crippen molar-refractivity contribution in [2.45, 2.75) is 6.10 Å². The van der Waals surface area contributed by atoms with E-state index in [4.69, 9.17) is 5.11 Å². The van der Waals surface area contributed by atoms with E-state index < -0.39 is 0 Å². The Morgan fingerprint density at radius 2 is 2.21 bits per heavy atom. The van der Waals surface area contributed by atoms with Crippen LogP contribution in [0.4, 0.5) is 11.8 Å². The van der Waals surface area contributed by atoms with E-state index in [0.29, 0.717) is 19.0 Å². The maximum absolute atomic E-state index is 9.16. The van der Waals surface area contributed by atoms with E-state index in [1.165, 1.54) is 0 Å². The molecular weight excluding hydrogens is 180 g/mol. The molecule has 76 valence electrons. The van der Waals surface area contributed by atoms with Crippen LogP contribution in [0.15, 0.2) is 12.3 Å². The summed E-state index contributed by atoms with van der Waals surface area (Å²) in [6.45, 7) is 1.34. The molecule has 1 N–H and O–H groups in total. The van der Waals surface area contributed by atoms with Crippen LogP contribution in [0.5, 0.6) is 0 Å². The topological polar surface area (TPSA) is 52.5 Å². The number of rotatable bonds is 2. The molecule has 0 amide bonds. The summed E-state index contributed by atoms with van der Waals surface area (Å²) in [7, 11) is 3.81. The van der Waals surface area contributed by atoms with Crippen molar-refractivity contribution in [1.29, 1.82) is 0 Å². The Bertz CT molecular complexity index is 322. The summed E-state index contributed by atoms with van der Waals surface area (Å²) in [5.74, 6) is 1.58. The van der Waals surface area contributed by atoms with Gasteiger partial charge in [-0.15, -0.1) is 0 Å². The highest BCUT2D eigenvalue weighted by Gasteiger charge is 2.25. The molecule has 0 spiro atoms. The molecule has 14 heavy (non-hydrogen) atoms. The highest BCUT2D eigenvalue weighted by Crippen LogP contribution is 2.19. The Morgan fingerprint density at radius 3 is 2.79 bits per heavy atom. The summed E-state index contributed by atoms with van der Waals surface area (Å²) in [6, 6.07) is 1.86. The normalized spacial score (nSPS) is 16.6. The Balaban J connectivity index is 2.14. The van der Waals surface area contributed by atoms with Gasteiger partial charge in [0.15, 0.2) is 0 Å². The Labute approximate surface area is 83.0 Å². The molecule has 0 bridgehead atoms. The summed E-state index contributed by atoms with van der Waals surface area (Å²) in [4.78, 5) is 12.4. The number of anilines is 2. The lowest BCUT2D eigenvalue weighted by Crippen LogP contribution is -2.51. The van der Waals surface area contributed by atoms with E-state index in [0.717, 1.165) is 5.82 Å². The van der Waals surface area contributed by atoms with Crippen LogP contribution < -0.4 is 9.80 Å². The van der Waals surface area contributed by atoms with Gasteiger partial charge in [0.2, 0.25) is 5.95 Å². The van der Waals surface area contributed by atoms with Gasteiger partial charge in [-0.2, -0.15) is 4.98 Å². The number of aromatic nitrogens is 2. The largest absolute Gasteiger partial charge is 0.389 e. The molecule has 0 aliphatic carbocycles. The quantitative estimate of drug-likeness (QED) is 0.702. The minimum atomic E-state index is -0.201. The summed E-state index contributed by atoms with van der Waals surface area (Å²) >= 11 is 0. The van der Waals surface area contributed by atoms with Gasteiger partial charge in [-0.25, -0.2) is 4.98 Å². The van der Waals surface area contributed by atoms with Crippen LogP contribution in [0.25, 0.3) is 0 Å². The number of aliphatic hydroxyl groups is 1. The SMILES string of the molecule is CN(C)c1nccc(N2CC(O)C2)n1. The van der Waals surface area contributed by atoms with Gasteiger partial charge in [0.05, 0.1) is 6.10 Å². The van der Waals surface area contributed by atoms with Crippen LogP contribution in [0, 0.1) is 0 Å². The fourth-order valence-electron chi connectivity index (χ4n) is 1.37. The lowest BCUT2D eigenvalue weighted by atomic mass is 10.2. The molecule has 5 heteroatoms. The fraction of sp³-hybridized carbons (Fsp3) is 0.556. The van der Waals surface area contributed by atoms with E-state index in [-0.39, 0.29) is 6.10 Å². The predicted molar refractivity (Wildman–Crippen MR) is 54.6 cm³/mol. The maximum atomic E-state index is 9.16. The minimum Gasteiger partial charge on any atom is -0.389 e. The molecule has 0 atom stereocenters. The van der Waals surface area contributed by atoms with Crippen LogP contribution in [0.3, 0.4) is 0 Å². The maximum Gasteiger partial charge on any atom is 0.226 e. The van der Waals surface area contributed by atoms with Gasteiger partial charge in [-0.05, 0) is 6.07 Å². The van der Waals surface area contributed by atoms with Crippen LogP contribution >= 0.6 is 0 Å². The third-order valence-electron chi connectivity index (χ3n) is 2.21. The highest BCUT2D eigenvalue weighted by atomic mass is 16.3. The monoisotopic (exact) mass is 194 g/mol. The lowest BCUT2D eigenvalue weighted by Gasteiger charge is -2.36. The van der Waals surface area contributed by atoms with E-state index in [2.05, 4.69) is 9.97 Å². The van der Waals surface area contributed by atoms with Crippen LogP contribution in [-0.2, 0) is 0 Å². The summed E-state index contributed by atoms with van der Waals surface area (Å²) in [5.41, 5.74) is 0. The Hall–Kier alpha value is -1.36. The summed E-state index contributed by atoms with van der Waals surface area (Å²) < 4.78 is 0. The standard InChI is InChI=1S/C9H14N4O/c1-12(2)9-10-4-3-8(11-9)13-5-7(14)6-13/h3-4,7,14H,5-6H2,1-2H3. The first kappa shape index (κ1) is 9.21. The van der Waals surface area contributed by atoms with Gasteiger partial charge in [0.1, 0.15) is 5.82 Å². The second-order valence-corrected chi connectivity index (χ2v) is 3.67. The zero-order valence-electron chi connectivity index (χ0n) is 8.38.